The van der Waals surface area contributed by atoms with Crippen molar-refractivity contribution in [3.8, 4) is 22.3 Å². The largest absolute Gasteiger partial charge is 0.319 e. The molecule has 0 aliphatic carbocycles. The van der Waals surface area contributed by atoms with Gasteiger partial charge in [0.05, 0.1) is 0 Å². The second-order valence-corrected chi connectivity index (χ2v) is 11.3. The van der Waals surface area contributed by atoms with Gasteiger partial charge in [-0.05, 0) is 63.2 Å². The van der Waals surface area contributed by atoms with Crippen molar-refractivity contribution in [1.29, 1.82) is 0 Å². The fraction of sp³-hybridized carbons (Fsp3) is 0.0714. The van der Waals surface area contributed by atoms with Crippen LogP contribution in [0.25, 0.3) is 43.8 Å². The molecule has 0 aromatic heterocycles. The summed E-state index contributed by atoms with van der Waals surface area (Å²) in [5.74, 6) is 0. The average molecular weight is 406 g/mol. The summed E-state index contributed by atoms with van der Waals surface area (Å²) in [6.45, 7) is 3.67. The summed E-state index contributed by atoms with van der Waals surface area (Å²) in [6, 6.07) is 36.1. The first-order valence-electron chi connectivity index (χ1n) is 10.2. The minimum absolute atomic E-state index is 0.917. The molecule has 2 heteroatoms. The zero-order valence-electron chi connectivity index (χ0n) is 17.2. The summed E-state index contributed by atoms with van der Waals surface area (Å²) in [7, 11) is -2.34. The van der Waals surface area contributed by atoms with Crippen LogP contribution in [0.1, 0.15) is 0 Å². The number of hydrogen-bond acceptors (Lipinski definition) is 1. The molecule has 0 saturated heterocycles. The van der Waals surface area contributed by atoms with Crippen molar-refractivity contribution in [2.24, 2.45) is 0 Å². The Kier molecular flexibility index (Phi) is 4.57. The van der Waals surface area contributed by atoms with Gasteiger partial charge < -0.3 is 4.57 Å². The maximum absolute atomic E-state index is 12.8. The van der Waals surface area contributed by atoms with E-state index in [-0.39, 0.29) is 0 Å². The van der Waals surface area contributed by atoms with Gasteiger partial charge in [-0.1, -0.05) is 97.1 Å². The second-order valence-electron chi connectivity index (χ2n) is 8.11. The molecule has 0 heterocycles. The van der Waals surface area contributed by atoms with Crippen molar-refractivity contribution in [2.45, 2.75) is 0 Å². The maximum atomic E-state index is 12.8. The minimum Gasteiger partial charge on any atom is -0.319 e. The lowest BCUT2D eigenvalue weighted by Gasteiger charge is -2.18. The molecule has 0 spiro atoms. The van der Waals surface area contributed by atoms with Gasteiger partial charge in [-0.2, -0.15) is 0 Å². The van der Waals surface area contributed by atoms with Gasteiger partial charge in [0, 0.05) is 5.30 Å². The number of fused-ring (bicyclic) bond motifs is 2. The lowest BCUT2D eigenvalue weighted by molar-refractivity contribution is 0.588. The second kappa shape index (κ2) is 7.27. The van der Waals surface area contributed by atoms with Crippen molar-refractivity contribution in [2.75, 3.05) is 13.3 Å². The van der Waals surface area contributed by atoms with Crippen molar-refractivity contribution in [3.05, 3.63) is 103 Å². The molecule has 0 atom stereocenters. The standard InChI is InChI=1S/C28H23OP/c1-30(2,29)22-14-10-13-21(19-22)28-25-17-8-6-15-23(25)27(20-11-4-3-5-12-20)24-16-7-9-18-26(24)28/h3-19H,1-2H3. The van der Waals surface area contributed by atoms with Crippen LogP contribution in [0.3, 0.4) is 0 Å². The van der Waals surface area contributed by atoms with Gasteiger partial charge in [-0.25, -0.2) is 0 Å². The van der Waals surface area contributed by atoms with Gasteiger partial charge in [0.1, 0.15) is 7.14 Å². The van der Waals surface area contributed by atoms with E-state index in [1.165, 1.54) is 38.2 Å². The fourth-order valence-corrected chi connectivity index (χ4v) is 5.25. The first-order chi connectivity index (χ1) is 14.5. The highest BCUT2D eigenvalue weighted by Gasteiger charge is 2.18. The molecule has 0 saturated carbocycles. The lowest BCUT2D eigenvalue weighted by Crippen LogP contribution is -2.02. The number of hydrogen-bond donors (Lipinski definition) is 0. The molecule has 0 radical (unpaired) electrons. The van der Waals surface area contributed by atoms with Crippen LogP contribution in [0.5, 0.6) is 0 Å². The molecule has 0 bridgehead atoms. The molecule has 0 aliphatic rings. The maximum Gasteiger partial charge on any atom is 0.109 e. The van der Waals surface area contributed by atoms with E-state index in [1.54, 1.807) is 0 Å². The molecule has 0 aliphatic heterocycles. The molecule has 0 N–H and O–H groups in total. The molecular weight excluding hydrogens is 383 g/mol. The number of rotatable bonds is 3. The molecule has 1 nitrogen and oxygen atoms in total. The summed E-state index contributed by atoms with van der Waals surface area (Å²) in [5, 5.41) is 5.82. The Labute approximate surface area is 177 Å². The SMILES string of the molecule is CP(C)(=O)c1cccc(-c2c3ccccc3c(-c3ccccc3)c3ccccc23)c1. The Bertz CT molecular complexity index is 1370. The highest BCUT2D eigenvalue weighted by atomic mass is 31.2. The van der Waals surface area contributed by atoms with Crippen molar-refractivity contribution < 1.29 is 4.57 Å². The number of benzene rings is 5. The van der Waals surface area contributed by atoms with E-state index in [0.717, 1.165) is 10.9 Å². The summed E-state index contributed by atoms with van der Waals surface area (Å²) in [5.41, 5.74) is 4.80. The van der Waals surface area contributed by atoms with Crippen molar-refractivity contribution >= 4 is 34.0 Å². The van der Waals surface area contributed by atoms with Crippen molar-refractivity contribution in [3.63, 3.8) is 0 Å². The molecule has 5 aromatic rings. The van der Waals surface area contributed by atoms with E-state index in [9.17, 15) is 4.57 Å². The van der Waals surface area contributed by atoms with E-state index in [2.05, 4.69) is 91.0 Å². The zero-order chi connectivity index (χ0) is 20.7. The Morgan fingerprint density at radius 3 is 1.43 bits per heavy atom. The van der Waals surface area contributed by atoms with E-state index in [4.69, 9.17) is 0 Å². The molecular formula is C28H23OP. The van der Waals surface area contributed by atoms with Gasteiger partial charge in [-0.15, -0.1) is 0 Å². The Hall–Kier alpha value is -3.15. The van der Waals surface area contributed by atoms with Crippen molar-refractivity contribution in [1.82, 2.24) is 0 Å². The fourth-order valence-electron chi connectivity index (χ4n) is 4.35. The van der Waals surface area contributed by atoms with Crippen LogP contribution in [0.4, 0.5) is 0 Å². The van der Waals surface area contributed by atoms with Crippen LogP contribution >= 0.6 is 7.14 Å². The normalized spacial score (nSPS) is 11.8. The topological polar surface area (TPSA) is 17.1 Å². The van der Waals surface area contributed by atoms with Crippen LogP contribution in [0.15, 0.2) is 103 Å². The molecule has 146 valence electrons. The molecule has 0 unspecified atom stereocenters. The van der Waals surface area contributed by atoms with Gasteiger partial charge in [-0.3, -0.25) is 0 Å². The van der Waals surface area contributed by atoms with E-state index >= 15 is 0 Å². The minimum atomic E-state index is -2.34. The predicted octanol–water partition coefficient (Wildman–Crippen LogP) is 7.58. The predicted molar refractivity (Wildman–Crippen MR) is 131 cm³/mol. The highest BCUT2D eigenvalue weighted by Crippen LogP contribution is 2.44. The van der Waals surface area contributed by atoms with Gasteiger partial charge in [0.15, 0.2) is 0 Å². The van der Waals surface area contributed by atoms with Crippen LogP contribution in [0.2, 0.25) is 0 Å². The Balaban J connectivity index is 1.95. The van der Waals surface area contributed by atoms with Crippen LogP contribution in [-0.4, -0.2) is 13.3 Å². The van der Waals surface area contributed by atoms with E-state index in [0.29, 0.717) is 0 Å². The first kappa shape index (κ1) is 18.9. The molecule has 0 amide bonds. The summed E-state index contributed by atoms with van der Waals surface area (Å²) >= 11 is 0. The Morgan fingerprint density at radius 2 is 0.933 bits per heavy atom. The molecule has 5 aromatic carbocycles. The molecule has 30 heavy (non-hydrogen) atoms. The highest BCUT2D eigenvalue weighted by molar-refractivity contribution is 7.70. The monoisotopic (exact) mass is 406 g/mol. The molecule has 0 fully saturated rings. The van der Waals surface area contributed by atoms with Crippen LogP contribution in [0, 0.1) is 0 Å². The van der Waals surface area contributed by atoms with E-state index in [1.807, 2.05) is 25.5 Å². The quantitative estimate of drug-likeness (QED) is 0.223. The zero-order valence-corrected chi connectivity index (χ0v) is 18.1. The summed E-state index contributed by atoms with van der Waals surface area (Å²) < 4.78 is 12.8. The average Bonchev–Trinajstić information content (AvgIpc) is 2.77. The third kappa shape index (κ3) is 3.16. The van der Waals surface area contributed by atoms with Gasteiger partial charge >= 0.3 is 0 Å². The van der Waals surface area contributed by atoms with Crippen LogP contribution in [-0.2, 0) is 4.57 Å². The first-order valence-corrected chi connectivity index (χ1v) is 12.8. The third-order valence-corrected chi connectivity index (χ3v) is 7.27. The van der Waals surface area contributed by atoms with Gasteiger partial charge in [0.25, 0.3) is 0 Å². The van der Waals surface area contributed by atoms with Crippen LogP contribution < -0.4 is 5.30 Å². The lowest BCUT2D eigenvalue weighted by atomic mass is 9.86. The summed E-state index contributed by atoms with van der Waals surface area (Å²) in [6.07, 6.45) is 0. The van der Waals surface area contributed by atoms with E-state index < -0.39 is 7.14 Å². The van der Waals surface area contributed by atoms with Gasteiger partial charge in [0.2, 0.25) is 0 Å². The Morgan fingerprint density at radius 1 is 0.500 bits per heavy atom. The summed E-state index contributed by atoms with van der Waals surface area (Å²) in [4.78, 5) is 0. The third-order valence-electron chi connectivity index (χ3n) is 5.75. The smallest absolute Gasteiger partial charge is 0.109 e. The molecule has 5 rings (SSSR count).